The number of benzene rings is 1. The summed E-state index contributed by atoms with van der Waals surface area (Å²) in [5, 5.41) is 0.113. The van der Waals surface area contributed by atoms with E-state index < -0.39 is 10.0 Å². The first kappa shape index (κ1) is 18.5. The molecule has 1 atom stereocenters. The molecule has 128 valence electrons. The third-order valence-corrected chi connectivity index (χ3v) is 6.24. The topological polar surface area (TPSA) is 66.5 Å². The maximum absolute atomic E-state index is 12.3. The van der Waals surface area contributed by atoms with Crippen molar-refractivity contribution in [3.8, 4) is 0 Å². The largest absolute Gasteiger partial charge is 0.342 e. The van der Waals surface area contributed by atoms with Crippen molar-refractivity contribution in [2.75, 3.05) is 19.6 Å². The first-order chi connectivity index (χ1) is 10.8. The van der Waals surface area contributed by atoms with E-state index in [0.29, 0.717) is 5.92 Å². The van der Waals surface area contributed by atoms with Crippen molar-refractivity contribution in [2.24, 2.45) is 5.92 Å². The van der Waals surface area contributed by atoms with E-state index in [9.17, 15) is 13.2 Å². The van der Waals surface area contributed by atoms with E-state index >= 15 is 0 Å². The Bertz CT molecular complexity index is 659. The van der Waals surface area contributed by atoms with E-state index in [1.54, 1.807) is 11.0 Å². The van der Waals surface area contributed by atoms with Gasteiger partial charge in [0.25, 0.3) is 0 Å². The van der Waals surface area contributed by atoms with Crippen LogP contribution in [0.3, 0.4) is 0 Å². The van der Waals surface area contributed by atoms with Gasteiger partial charge in [-0.1, -0.05) is 36.2 Å². The molecule has 0 radical (unpaired) electrons. The van der Waals surface area contributed by atoms with Crippen molar-refractivity contribution >= 4 is 39.1 Å². The number of nitrogens with one attached hydrogen (secondary N) is 1. The smallest absolute Gasteiger partial charge is 0.243 e. The van der Waals surface area contributed by atoms with Crippen molar-refractivity contribution in [3.05, 3.63) is 28.2 Å². The Labute approximate surface area is 147 Å². The fourth-order valence-electron chi connectivity index (χ4n) is 2.68. The highest BCUT2D eigenvalue weighted by molar-refractivity contribution is 7.89. The minimum atomic E-state index is -3.84. The Balaban J connectivity index is 1.94. The van der Waals surface area contributed by atoms with Crippen LogP contribution in [0.1, 0.15) is 26.2 Å². The molecule has 5 nitrogen and oxygen atoms in total. The standard InChI is InChI=1S/C15H20Cl2N2O3S/c1-11-4-3-9-19(10-11)14(20)7-8-18-23(21,22)15-12(16)5-2-6-13(15)17/h2,5-6,11,18H,3-4,7-10H2,1H3. The van der Waals surface area contributed by atoms with Gasteiger partial charge in [0.05, 0.1) is 10.0 Å². The molecule has 1 saturated heterocycles. The lowest BCUT2D eigenvalue weighted by atomic mass is 10.0. The normalized spacial score (nSPS) is 18.9. The van der Waals surface area contributed by atoms with Crippen LogP contribution in [0.5, 0.6) is 0 Å². The zero-order valence-electron chi connectivity index (χ0n) is 12.9. The van der Waals surface area contributed by atoms with Crippen LogP contribution in [0.15, 0.2) is 23.1 Å². The lowest BCUT2D eigenvalue weighted by molar-refractivity contribution is -0.132. The first-order valence-electron chi connectivity index (χ1n) is 7.52. The van der Waals surface area contributed by atoms with E-state index in [-0.39, 0.29) is 33.8 Å². The maximum atomic E-state index is 12.3. The Hall–Kier alpha value is -0.820. The minimum absolute atomic E-state index is 0.0214. The molecule has 23 heavy (non-hydrogen) atoms. The lowest BCUT2D eigenvalue weighted by Crippen LogP contribution is -2.40. The number of piperidine rings is 1. The lowest BCUT2D eigenvalue weighted by Gasteiger charge is -2.31. The number of halogens is 2. The third-order valence-electron chi connectivity index (χ3n) is 3.83. The molecule has 0 aliphatic carbocycles. The van der Waals surface area contributed by atoms with Gasteiger partial charge < -0.3 is 4.90 Å². The molecular formula is C15H20Cl2N2O3S. The molecule has 1 aromatic carbocycles. The molecule has 1 aromatic rings. The molecule has 1 N–H and O–H groups in total. The number of nitrogens with zero attached hydrogens (tertiary/aromatic N) is 1. The van der Waals surface area contributed by atoms with Crippen molar-refractivity contribution in [1.82, 2.24) is 9.62 Å². The monoisotopic (exact) mass is 378 g/mol. The van der Waals surface area contributed by atoms with Gasteiger partial charge in [0.15, 0.2) is 0 Å². The summed E-state index contributed by atoms with van der Waals surface area (Å²) in [5.74, 6) is 0.454. The SMILES string of the molecule is CC1CCCN(C(=O)CCNS(=O)(=O)c2c(Cl)cccc2Cl)C1. The van der Waals surface area contributed by atoms with E-state index in [1.807, 2.05) is 0 Å². The summed E-state index contributed by atoms with van der Waals surface area (Å²) < 4.78 is 27.0. The third kappa shape index (κ3) is 4.83. The van der Waals surface area contributed by atoms with E-state index in [1.165, 1.54) is 12.1 Å². The summed E-state index contributed by atoms with van der Waals surface area (Å²) in [6.07, 6.45) is 2.24. The summed E-state index contributed by atoms with van der Waals surface area (Å²) in [5.41, 5.74) is 0. The molecule has 1 fully saturated rings. The first-order valence-corrected chi connectivity index (χ1v) is 9.76. The molecule has 0 saturated carbocycles. The van der Waals surface area contributed by atoms with Crippen LogP contribution >= 0.6 is 23.2 Å². The zero-order chi connectivity index (χ0) is 17.0. The number of carbonyl (C=O) groups excluding carboxylic acids is 1. The highest BCUT2D eigenvalue weighted by Crippen LogP contribution is 2.28. The van der Waals surface area contributed by atoms with Gasteiger partial charge in [0.2, 0.25) is 15.9 Å². The molecule has 0 bridgehead atoms. The number of carbonyl (C=O) groups is 1. The van der Waals surface area contributed by atoms with Crippen LogP contribution < -0.4 is 4.72 Å². The van der Waals surface area contributed by atoms with Crippen LogP contribution in [0.25, 0.3) is 0 Å². The quantitative estimate of drug-likeness (QED) is 0.856. The summed E-state index contributed by atoms with van der Waals surface area (Å²) in [4.78, 5) is 13.8. The van der Waals surface area contributed by atoms with Gasteiger partial charge >= 0.3 is 0 Å². The van der Waals surface area contributed by atoms with E-state index in [2.05, 4.69) is 11.6 Å². The van der Waals surface area contributed by atoms with Gasteiger partial charge in [-0.05, 0) is 30.9 Å². The number of likely N-dealkylation sites (tertiary alicyclic amines) is 1. The fourth-order valence-corrected chi connectivity index (χ4v) is 4.85. The molecule has 1 heterocycles. The minimum Gasteiger partial charge on any atom is -0.342 e. The molecule has 1 amide bonds. The average Bonchev–Trinajstić information content (AvgIpc) is 2.46. The summed E-state index contributed by atoms with van der Waals surface area (Å²) in [7, 11) is -3.84. The Morgan fingerprint density at radius 2 is 2.00 bits per heavy atom. The number of rotatable bonds is 5. The van der Waals surface area contributed by atoms with Crippen molar-refractivity contribution < 1.29 is 13.2 Å². The highest BCUT2D eigenvalue weighted by Gasteiger charge is 2.23. The predicted molar refractivity (Wildman–Crippen MR) is 91.2 cm³/mol. The van der Waals surface area contributed by atoms with E-state index in [0.717, 1.165) is 25.9 Å². The molecule has 0 aromatic heterocycles. The number of hydrogen-bond donors (Lipinski definition) is 1. The van der Waals surface area contributed by atoms with Gasteiger partial charge in [0.1, 0.15) is 4.90 Å². The van der Waals surface area contributed by atoms with Gasteiger partial charge in [-0.25, -0.2) is 13.1 Å². The van der Waals surface area contributed by atoms with E-state index in [4.69, 9.17) is 23.2 Å². The number of amides is 1. The Morgan fingerprint density at radius 1 is 1.35 bits per heavy atom. The number of sulfonamides is 1. The molecule has 8 heteroatoms. The van der Waals surface area contributed by atoms with Crippen molar-refractivity contribution in [1.29, 1.82) is 0 Å². The molecule has 0 spiro atoms. The second-order valence-corrected chi connectivity index (χ2v) is 8.30. The maximum Gasteiger partial charge on any atom is 0.243 e. The summed E-state index contributed by atoms with van der Waals surface area (Å²) in [6, 6.07) is 4.50. The average molecular weight is 379 g/mol. The zero-order valence-corrected chi connectivity index (χ0v) is 15.2. The van der Waals surface area contributed by atoms with Gasteiger partial charge in [-0.2, -0.15) is 0 Å². The molecule has 1 unspecified atom stereocenters. The van der Waals surface area contributed by atoms with Gasteiger partial charge in [-0.15, -0.1) is 0 Å². The van der Waals surface area contributed by atoms with Crippen molar-refractivity contribution in [2.45, 2.75) is 31.1 Å². The second-order valence-electron chi connectivity index (χ2n) is 5.79. The summed E-state index contributed by atoms with van der Waals surface area (Å²) in [6.45, 7) is 3.61. The molecule has 1 aliphatic rings. The molecular weight excluding hydrogens is 359 g/mol. The molecule has 2 rings (SSSR count). The van der Waals surface area contributed by atoms with Crippen LogP contribution in [0.4, 0.5) is 0 Å². The predicted octanol–water partition coefficient (Wildman–Crippen LogP) is 2.92. The van der Waals surface area contributed by atoms with Gasteiger partial charge in [0, 0.05) is 26.1 Å². The van der Waals surface area contributed by atoms with Crippen LogP contribution in [0, 0.1) is 5.92 Å². The second kappa shape index (κ2) is 7.83. The Kier molecular flexibility index (Phi) is 6.31. The van der Waals surface area contributed by atoms with Gasteiger partial charge in [-0.3, -0.25) is 4.79 Å². The fraction of sp³-hybridized carbons (Fsp3) is 0.533. The number of hydrogen-bond acceptors (Lipinski definition) is 3. The van der Waals surface area contributed by atoms with Crippen LogP contribution in [-0.4, -0.2) is 38.9 Å². The molecule has 1 aliphatic heterocycles. The summed E-state index contributed by atoms with van der Waals surface area (Å²) >= 11 is 11.8. The Morgan fingerprint density at radius 3 is 2.61 bits per heavy atom. The van der Waals surface area contributed by atoms with Crippen molar-refractivity contribution in [3.63, 3.8) is 0 Å². The van der Waals surface area contributed by atoms with Crippen LogP contribution in [0.2, 0.25) is 10.0 Å². The highest BCUT2D eigenvalue weighted by atomic mass is 35.5. The van der Waals surface area contributed by atoms with Crippen LogP contribution in [-0.2, 0) is 14.8 Å².